The van der Waals surface area contributed by atoms with Crippen molar-refractivity contribution < 1.29 is 27.1 Å². The van der Waals surface area contributed by atoms with Crippen molar-refractivity contribution in [3.8, 4) is 5.75 Å². The average Bonchev–Trinajstić information content (AvgIpc) is 3.09. The number of hydrogen-bond acceptors (Lipinski definition) is 6. The maximum absolute atomic E-state index is 13.9. The van der Waals surface area contributed by atoms with E-state index >= 15 is 0 Å². The third kappa shape index (κ3) is 9.15. The van der Waals surface area contributed by atoms with Crippen molar-refractivity contribution in [2.75, 3.05) is 11.3 Å². The summed E-state index contributed by atoms with van der Waals surface area (Å²) < 4.78 is 47.0. The Bertz CT molecular complexity index is 1900. The fourth-order valence-corrected chi connectivity index (χ4v) is 5.87. The third-order valence-corrected chi connectivity index (χ3v) is 8.69. The number of carbonyl (C=O) groups excluding carboxylic acids is 2. The van der Waals surface area contributed by atoms with Gasteiger partial charge in [-0.15, -0.1) is 0 Å². The molecule has 0 aliphatic heterocycles. The molecule has 47 heavy (non-hydrogen) atoms. The number of anilines is 1. The van der Waals surface area contributed by atoms with Crippen LogP contribution >= 0.6 is 11.6 Å². The first-order valence-corrected chi connectivity index (χ1v) is 16.3. The Balaban J connectivity index is 1.35. The molecule has 0 aliphatic carbocycles. The lowest BCUT2D eigenvalue weighted by atomic mass is 10.0. The van der Waals surface area contributed by atoms with Gasteiger partial charge < -0.3 is 15.0 Å². The summed E-state index contributed by atoms with van der Waals surface area (Å²) >= 11 is 6.10. The minimum absolute atomic E-state index is 0.0562. The van der Waals surface area contributed by atoms with Crippen LogP contribution in [0.3, 0.4) is 0 Å². The quantitative estimate of drug-likeness (QED) is 0.155. The van der Waals surface area contributed by atoms with E-state index in [0.717, 1.165) is 23.3 Å². The number of aromatic nitrogens is 1. The molecule has 0 spiro atoms. The monoisotopic (exact) mass is 672 g/mol. The summed E-state index contributed by atoms with van der Waals surface area (Å²) in [7, 11) is -3.96. The Hall–Kier alpha value is -5.26. The molecule has 0 saturated heterocycles. The molecule has 9 nitrogen and oxygen atoms in total. The number of ether oxygens (including phenoxy) is 1. The highest BCUT2D eigenvalue weighted by molar-refractivity contribution is 7.92. The predicted octanol–water partition coefficient (Wildman–Crippen LogP) is 6.14. The van der Waals surface area contributed by atoms with Crippen molar-refractivity contribution in [1.29, 1.82) is 0 Å². The minimum Gasteiger partial charge on any atom is -0.484 e. The number of halogens is 2. The SMILES string of the molecule is O=C(NCc1cccnc1)[C@H](c1ccccc1)N(Cc1ccc(Cl)cc1)C(=O)COc1ccc(S(=O)(=O)Nc2ccc(F)cc2)cc1. The second-order valence-electron chi connectivity index (χ2n) is 10.4. The number of sulfonamides is 1. The Labute approximate surface area is 277 Å². The molecule has 2 amide bonds. The van der Waals surface area contributed by atoms with Crippen LogP contribution in [0.15, 0.2) is 133 Å². The summed E-state index contributed by atoms with van der Waals surface area (Å²) in [6.45, 7) is -0.154. The van der Waals surface area contributed by atoms with Gasteiger partial charge in [0, 0.05) is 36.2 Å². The van der Waals surface area contributed by atoms with Crippen LogP contribution in [0.4, 0.5) is 10.1 Å². The van der Waals surface area contributed by atoms with Crippen molar-refractivity contribution in [3.05, 3.63) is 155 Å². The molecule has 12 heteroatoms. The molecular weight excluding hydrogens is 643 g/mol. The summed E-state index contributed by atoms with van der Waals surface area (Å²) in [6, 6.07) is 28.9. The van der Waals surface area contributed by atoms with Crippen LogP contribution in [0.1, 0.15) is 22.7 Å². The van der Waals surface area contributed by atoms with E-state index in [1.165, 1.54) is 41.3 Å². The summed E-state index contributed by atoms with van der Waals surface area (Å²) in [5.74, 6) is -1.13. The molecule has 1 aromatic heterocycles. The number of nitrogens with zero attached hydrogens (tertiary/aromatic N) is 2. The molecule has 4 aromatic carbocycles. The molecule has 2 N–H and O–H groups in total. The zero-order valence-corrected chi connectivity index (χ0v) is 26.5. The molecule has 1 heterocycles. The molecule has 5 rings (SSSR count). The number of benzene rings is 4. The van der Waals surface area contributed by atoms with Gasteiger partial charge in [0.25, 0.3) is 15.9 Å². The zero-order valence-electron chi connectivity index (χ0n) is 24.9. The number of amides is 2. The Morgan fingerprint density at radius 3 is 2.21 bits per heavy atom. The van der Waals surface area contributed by atoms with Crippen molar-refractivity contribution in [2.24, 2.45) is 0 Å². The van der Waals surface area contributed by atoms with Gasteiger partial charge in [0.2, 0.25) is 5.91 Å². The summed E-state index contributed by atoms with van der Waals surface area (Å²) in [5, 5.41) is 3.46. The highest BCUT2D eigenvalue weighted by Gasteiger charge is 2.32. The van der Waals surface area contributed by atoms with Crippen LogP contribution in [-0.4, -0.2) is 36.7 Å². The fourth-order valence-electron chi connectivity index (χ4n) is 4.68. The van der Waals surface area contributed by atoms with Crippen molar-refractivity contribution in [2.45, 2.75) is 24.0 Å². The van der Waals surface area contributed by atoms with E-state index in [9.17, 15) is 22.4 Å². The van der Waals surface area contributed by atoms with Gasteiger partial charge >= 0.3 is 0 Å². The van der Waals surface area contributed by atoms with E-state index in [0.29, 0.717) is 10.6 Å². The summed E-state index contributed by atoms with van der Waals surface area (Å²) in [5.41, 5.74) is 2.34. The molecule has 0 bridgehead atoms. The van der Waals surface area contributed by atoms with Gasteiger partial charge in [0.05, 0.1) is 4.90 Å². The molecule has 0 unspecified atom stereocenters. The first kappa shape index (κ1) is 33.1. The van der Waals surface area contributed by atoms with Gasteiger partial charge in [-0.1, -0.05) is 60.1 Å². The van der Waals surface area contributed by atoms with E-state index in [1.54, 1.807) is 67.0 Å². The molecular formula is C35H30ClFN4O5S. The third-order valence-electron chi connectivity index (χ3n) is 7.04. The molecule has 0 fully saturated rings. The first-order valence-electron chi connectivity index (χ1n) is 14.4. The van der Waals surface area contributed by atoms with E-state index in [2.05, 4.69) is 15.0 Å². The lowest BCUT2D eigenvalue weighted by Gasteiger charge is -2.31. The highest BCUT2D eigenvalue weighted by Crippen LogP contribution is 2.26. The number of pyridine rings is 1. The van der Waals surface area contributed by atoms with Crippen molar-refractivity contribution in [3.63, 3.8) is 0 Å². The lowest BCUT2D eigenvalue weighted by molar-refractivity contribution is -0.143. The standard InChI is InChI=1S/C35H30ClFN4O5S/c36-28-10-8-25(9-11-28)23-41(34(27-6-2-1-3-7-27)35(43)39-22-26-5-4-20-38-21-26)33(42)24-46-31-16-18-32(19-17-31)47(44,45)40-30-14-12-29(37)13-15-30/h1-21,34,40H,22-24H2,(H,39,43)/t34-/m0/s1. The molecule has 0 radical (unpaired) electrons. The summed E-state index contributed by atoms with van der Waals surface area (Å²) in [6.07, 6.45) is 3.29. The molecule has 0 aliphatic rings. The molecule has 240 valence electrons. The second-order valence-corrected chi connectivity index (χ2v) is 12.5. The Kier molecular flexibility index (Phi) is 10.8. The van der Waals surface area contributed by atoms with Crippen LogP contribution in [0.25, 0.3) is 0 Å². The minimum atomic E-state index is -3.96. The van der Waals surface area contributed by atoms with Gasteiger partial charge in [0.1, 0.15) is 17.6 Å². The molecule has 5 aromatic rings. The normalized spacial score (nSPS) is 11.7. The molecule has 0 saturated carbocycles. The topological polar surface area (TPSA) is 118 Å². The van der Waals surface area contributed by atoms with E-state index < -0.39 is 40.3 Å². The van der Waals surface area contributed by atoms with Crippen LogP contribution < -0.4 is 14.8 Å². The number of carbonyl (C=O) groups is 2. The molecule has 1 atom stereocenters. The Morgan fingerprint density at radius 2 is 1.55 bits per heavy atom. The van der Waals surface area contributed by atoms with Gasteiger partial charge in [-0.2, -0.15) is 0 Å². The van der Waals surface area contributed by atoms with Gasteiger partial charge in [-0.25, -0.2) is 12.8 Å². The van der Waals surface area contributed by atoms with Crippen LogP contribution in [-0.2, 0) is 32.7 Å². The maximum Gasteiger partial charge on any atom is 0.261 e. The lowest BCUT2D eigenvalue weighted by Crippen LogP contribution is -2.45. The van der Waals surface area contributed by atoms with Crippen molar-refractivity contribution >= 4 is 39.1 Å². The van der Waals surface area contributed by atoms with Gasteiger partial charge in [0.15, 0.2) is 6.61 Å². The zero-order chi connectivity index (χ0) is 33.2. The largest absolute Gasteiger partial charge is 0.484 e. The van der Waals surface area contributed by atoms with Crippen molar-refractivity contribution in [1.82, 2.24) is 15.2 Å². The smallest absolute Gasteiger partial charge is 0.261 e. The first-order chi connectivity index (χ1) is 22.7. The predicted molar refractivity (Wildman–Crippen MR) is 176 cm³/mol. The van der Waals surface area contributed by atoms with E-state index in [-0.39, 0.29) is 29.4 Å². The fraction of sp³-hybridized carbons (Fsp3) is 0.114. The number of nitrogens with one attached hydrogen (secondary N) is 2. The number of hydrogen-bond donors (Lipinski definition) is 2. The Morgan fingerprint density at radius 1 is 0.851 bits per heavy atom. The summed E-state index contributed by atoms with van der Waals surface area (Å²) in [4.78, 5) is 33.1. The maximum atomic E-state index is 13.9. The van der Waals surface area contributed by atoms with Crippen LogP contribution in [0.2, 0.25) is 5.02 Å². The number of rotatable bonds is 13. The van der Waals surface area contributed by atoms with Crippen LogP contribution in [0.5, 0.6) is 5.75 Å². The highest BCUT2D eigenvalue weighted by atomic mass is 35.5. The second kappa shape index (κ2) is 15.4. The average molecular weight is 673 g/mol. The van der Waals surface area contributed by atoms with Crippen LogP contribution in [0, 0.1) is 5.82 Å². The van der Waals surface area contributed by atoms with E-state index in [1.807, 2.05) is 12.1 Å². The van der Waals surface area contributed by atoms with E-state index in [4.69, 9.17) is 16.3 Å². The van der Waals surface area contributed by atoms with Gasteiger partial charge in [-0.05, 0) is 83.4 Å². The van der Waals surface area contributed by atoms with Gasteiger partial charge in [-0.3, -0.25) is 19.3 Å².